The third-order valence-electron chi connectivity index (χ3n) is 2.57. The zero-order valence-corrected chi connectivity index (χ0v) is 12.9. The molecule has 1 unspecified atom stereocenters. The SMILES string of the molecule is CCCCCCCCCCC(O)CF.CN(C)C. The van der Waals surface area contributed by atoms with Crippen LogP contribution in [0.25, 0.3) is 0 Å². The van der Waals surface area contributed by atoms with E-state index in [0.29, 0.717) is 6.42 Å². The third-order valence-corrected chi connectivity index (χ3v) is 2.57. The lowest BCUT2D eigenvalue weighted by molar-refractivity contribution is 0.128. The fraction of sp³-hybridized carbons (Fsp3) is 1.00. The molecule has 0 fully saturated rings. The quantitative estimate of drug-likeness (QED) is 0.602. The minimum absolute atomic E-state index is 0.587. The second-order valence-electron chi connectivity index (χ2n) is 5.41. The van der Waals surface area contributed by atoms with E-state index >= 15 is 0 Å². The molecule has 1 N–H and O–H groups in total. The Balaban J connectivity index is 0. The fourth-order valence-corrected chi connectivity index (χ4v) is 1.59. The van der Waals surface area contributed by atoms with Gasteiger partial charge in [0.2, 0.25) is 0 Å². The van der Waals surface area contributed by atoms with Crippen molar-refractivity contribution in [2.24, 2.45) is 0 Å². The first-order chi connectivity index (χ1) is 8.54. The number of alkyl halides is 1. The van der Waals surface area contributed by atoms with Gasteiger partial charge in [-0.05, 0) is 27.6 Å². The first-order valence-electron chi connectivity index (χ1n) is 7.39. The monoisotopic (exact) mass is 263 g/mol. The summed E-state index contributed by atoms with van der Waals surface area (Å²) in [4.78, 5) is 2.00. The number of aliphatic hydroxyl groups excluding tert-OH is 1. The van der Waals surface area contributed by atoms with Crippen molar-refractivity contribution in [1.29, 1.82) is 0 Å². The summed E-state index contributed by atoms with van der Waals surface area (Å²) in [5.41, 5.74) is 0. The smallest absolute Gasteiger partial charge is 0.115 e. The Morgan fingerprint density at radius 1 is 0.889 bits per heavy atom. The summed E-state index contributed by atoms with van der Waals surface area (Å²) < 4.78 is 11.9. The van der Waals surface area contributed by atoms with Crippen molar-refractivity contribution in [2.75, 3.05) is 27.8 Å². The van der Waals surface area contributed by atoms with Crippen molar-refractivity contribution in [3.8, 4) is 0 Å². The first-order valence-corrected chi connectivity index (χ1v) is 7.39. The number of unbranched alkanes of at least 4 members (excludes halogenated alkanes) is 7. The van der Waals surface area contributed by atoms with Gasteiger partial charge in [0.1, 0.15) is 6.67 Å². The molecule has 0 radical (unpaired) electrons. The zero-order valence-electron chi connectivity index (χ0n) is 12.9. The van der Waals surface area contributed by atoms with Crippen LogP contribution in [0, 0.1) is 0 Å². The van der Waals surface area contributed by atoms with Gasteiger partial charge >= 0.3 is 0 Å². The van der Waals surface area contributed by atoms with Crippen molar-refractivity contribution in [2.45, 2.75) is 70.8 Å². The van der Waals surface area contributed by atoms with Gasteiger partial charge < -0.3 is 10.0 Å². The molecule has 0 heterocycles. The maximum Gasteiger partial charge on any atom is 0.115 e. The maximum atomic E-state index is 11.9. The zero-order chi connectivity index (χ0) is 14.2. The lowest BCUT2D eigenvalue weighted by Crippen LogP contribution is -2.07. The molecule has 0 rings (SSSR count). The van der Waals surface area contributed by atoms with Crippen molar-refractivity contribution in [3.63, 3.8) is 0 Å². The molecule has 0 spiro atoms. The number of aliphatic hydroxyl groups is 1. The van der Waals surface area contributed by atoms with E-state index in [1.807, 2.05) is 26.0 Å². The molecule has 0 aliphatic carbocycles. The number of hydrogen-bond donors (Lipinski definition) is 1. The van der Waals surface area contributed by atoms with Gasteiger partial charge in [-0.15, -0.1) is 0 Å². The van der Waals surface area contributed by atoms with Gasteiger partial charge in [0, 0.05) is 0 Å². The first kappa shape index (κ1) is 20.2. The molecule has 0 saturated heterocycles. The topological polar surface area (TPSA) is 23.5 Å². The molecule has 3 heteroatoms. The van der Waals surface area contributed by atoms with E-state index in [1.165, 1.54) is 38.5 Å². The molecule has 0 aliphatic heterocycles. The molecule has 0 bridgehead atoms. The highest BCUT2D eigenvalue weighted by Gasteiger charge is 2.01. The Labute approximate surface area is 114 Å². The van der Waals surface area contributed by atoms with Crippen molar-refractivity contribution in [1.82, 2.24) is 4.90 Å². The molecule has 0 aliphatic rings. The average Bonchev–Trinajstić information content (AvgIpc) is 2.31. The maximum absolute atomic E-state index is 11.9. The van der Waals surface area contributed by atoms with Crippen LogP contribution >= 0.6 is 0 Å². The van der Waals surface area contributed by atoms with Crippen LogP contribution in [-0.2, 0) is 0 Å². The highest BCUT2D eigenvalue weighted by atomic mass is 19.1. The average molecular weight is 263 g/mol. The van der Waals surface area contributed by atoms with Crippen LogP contribution in [0.4, 0.5) is 4.39 Å². The largest absolute Gasteiger partial charge is 0.390 e. The third kappa shape index (κ3) is 24.9. The minimum Gasteiger partial charge on any atom is -0.390 e. The van der Waals surface area contributed by atoms with Crippen molar-refractivity contribution >= 4 is 0 Å². The highest BCUT2D eigenvalue weighted by molar-refractivity contribution is 4.53. The fourth-order valence-electron chi connectivity index (χ4n) is 1.59. The Bertz CT molecular complexity index is 140. The van der Waals surface area contributed by atoms with Gasteiger partial charge in [-0.3, -0.25) is 0 Å². The summed E-state index contributed by atoms with van der Waals surface area (Å²) in [6, 6.07) is 0. The van der Waals surface area contributed by atoms with Gasteiger partial charge in [0.05, 0.1) is 6.10 Å². The summed E-state index contributed by atoms with van der Waals surface area (Å²) in [6.45, 7) is 1.63. The molecular formula is C15H34FNO. The lowest BCUT2D eigenvalue weighted by Gasteiger charge is -2.05. The molecular weight excluding hydrogens is 229 g/mol. The van der Waals surface area contributed by atoms with Crippen LogP contribution in [-0.4, -0.2) is 43.9 Å². The molecule has 1 atom stereocenters. The second-order valence-corrected chi connectivity index (χ2v) is 5.41. The van der Waals surface area contributed by atoms with E-state index in [0.717, 1.165) is 12.8 Å². The summed E-state index contributed by atoms with van der Waals surface area (Å²) in [5, 5.41) is 8.96. The van der Waals surface area contributed by atoms with Gasteiger partial charge in [-0.25, -0.2) is 4.39 Å². The van der Waals surface area contributed by atoms with Gasteiger partial charge in [0.25, 0.3) is 0 Å². The Morgan fingerprint density at radius 3 is 1.67 bits per heavy atom. The van der Waals surface area contributed by atoms with Crippen LogP contribution < -0.4 is 0 Å². The molecule has 112 valence electrons. The molecule has 2 nitrogen and oxygen atoms in total. The molecule has 0 amide bonds. The second kappa shape index (κ2) is 16.9. The Kier molecular flexibility index (Phi) is 18.9. The predicted octanol–water partition coefficient (Wildman–Crippen LogP) is 4.03. The van der Waals surface area contributed by atoms with Crippen LogP contribution in [0.5, 0.6) is 0 Å². The molecule has 0 saturated carbocycles. The summed E-state index contributed by atoms with van der Waals surface area (Å²) >= 11 is 0. The van der Waals surface area contributed by atoms with Crippen LogP contribution in [0.1, 0.15) is 64.7 Å². The van der Waals surface area contributed by atoms with Crippen LogP contribution in [0.3, 0.4) is 0 Å². The Hall–Kier alpha value is -0.150. The van der Waals surface area contributed by atoms with E-state index in [2.05, 4.69) is 6.92 Å². The van der Waals surface area contributed by atoms with Crippen LogP contribution in [0.2, 0.25) is 0 Å². The van der Waals surface area contributed by atoms with E-state index in [-0.39, 0.29) is 0 Å². The number of nitrogens with zero attached hydrogens (tertiary/aromatic N) is 1. The molecule has 0 aromatic rings. The Morgan fingerprint density at radius 2 is 1.28 bits per heavy atom. The van der Waals surface area contributed by atoms with Gasteiger partial charge in [-0.1, -0.05) is 58.3 Å². The molecule has 0 aromatic heterocycles. The van der Waals surface area contributed by atoms with Crippen molar-refractivity contribution < 1.29 is 9.50 Å². The lowest BCUT2D eigenvalue weighted by atomic mass is 10.1. The molecule has 18 heavy (non-hydrogen) atoms. The van der Waals surface area contributed by atoms with Gasteiger partial charge in [-0.2, -0.15) is 0 Å². The van der Waals surface area contributed by atoms with E-state index in [4.69, 9.17) is 5.11 Å². The summed E-state index contributed by atoms with van der Waals surface area (Å²) in [7, 11) is 6.00. The summed E-state index contributed by atoms with van der Waals surface area (Å²) in [5.74, 6) is 0. The van der Waals surface area contributed by atoms with Crippen molar-refractivity contribution in [3.05, 3.63) is 0 Å². The number of rotatable bonds is 10. The summed E-state index contributed by atoms with van der Waals surface area (Å²) in [6.07, 6.45) is 9.89. The number of halogens is 1. The molecule has 0 aromatic carbocycles. The highest BCUT2D eigenvalue weighted by Crippen LogP contribution is 2.10. The normalized spacial score (nSPS) is 12.2. The van der Waals surface area contributed by atoms with E-state index in [1.54, 1.807) is 0 Å². The van der Waals surface area contributed by atoms with Crippen LogP contribution in [0.15, 0.2) is 0 Å². The standard InChI is InChI=1S/C12H25FO.C3H9N/c1-2-3-4-5-6-7-8-9-10-12(14)11-13;1-4(2)3/h12,14H,2-11H2,1H3;1-3H3. The predicted molar refractivity (Wildman–Crippen MR) is 78.8 cm³/mol. The van der Waals surface area contributed by atoms with E-state index in [9.17, 15) is 4.39 Å². The minimum atomic E-state index is -0.713. The van der Waals surface area contributed by atoms with E-state index < -0.39 is 12.8 Å². The number of hydrogen-bond acceptors (Lipinski definition) is 2. The van der Waals surface area contributed by atoms with Gasteiger partial charge in [0.15, 0.2) is 0 Å².